The fourth-order valence-corrected chi connectivity index (χ4v) is 1.86. The molecule has 1 aromatic rings. The first-order valence-corrected chi connectivity index (χ1v) is 7.38. The van der Waals surface area contributed by atoms with Gasteiger partial charge in [-0.1, -0.05) is 13.8 Å². The van der Waals surface area contributed by atoms with Crippen molar-refractivity contribution in [3.05, 3.63) is 24.3 Å². The predicted octanol–water partition coefficient (Wildman–Crippen LogP) is 1.49. The summed E-state index contributed by atoms with van der Waals surface area (Å²) in [4.78, 5) is 0.334. The minimum absolute atomic E-state index is 0.0233. The van der Waals surface area contributed by atoms with E-state index in [1.165, 1.54) is 6.26 Å². The van der Waals surface area contributed by atoms with Crippen molar-refractivity contribution in [2.45, 2.75) is 18.7 Å². The highest BCUT2D eigenvalue weighted by molar-refractivity contribution is 7.90. The van der Waals surface area contributed by atoms with Crippen LogP contribution in [0.15, 0.2) is 29.2 Å². The average Bonchev–Trinajstić information content (AvgIpc) is 2.26. The number of hydrogen-bond donors (Lipinski definition) is 2. The highest BCUT2D eigenvalue weighted by Crippen LogP contribution is 2.17. The number of sulfone groups is 1. The summed E-state index contributed by atoms with van der Waals surface area (Å²) in [6.07, 6.45) is 1.20. The lowest BCUT2D eigenvalue weighted by molar-refractivity contribution is 0.405. The van der Waals surface area contributed by atoms with E-state index in [0.29, 0.717) is 11.4 Å². The molecule has 0 unspecified atom stereocenters. The molecule has 0 saturated heterocycles. The van der Waals surface area contributed by atoms with E-state index >= 15 is 0 Å². The Labute approximate surface area is 103 Å². The van der Waals surface area contributed by atoms with Gasteiger partial charge in [0.05, 0.1) is 4.90 Å². The van der Waals surface area contributed by atoms with Gasteiger partial charge < -0.3 is 11.1 Å². The van der Waals surface area contributed by atoms with Crippen molar-refractivity contribution in [2.24, 2.45) is 11.1 Å². The lowest BCUT2D eigenvalue weighted by atomic mass is 9.94. The SMILES string of the molecule is CC(C)(CN)CNc1ccc(S(C)(=O)=O)cc1. The molecule has 0 amide bonds. The molecule has 0 aliphatic heterocycles. The second-order valence-corrected chi connectivity index (χ2v) is 7.03. The summed E-state index contributed by atoms with van der Waals surface area (Å²) in [5, 5.41) is 3.24. The molecule has 0 spiro atoms. The first kappa shape index (κ1) is 14.0. The van der Waals surface area contributed by atoms with E-state index in [4.69, 9.17) is 5.73 Å². The third-order valence-corrected chi connectivity index (χ3v) is 3.73. The van der Waals surface area contributed by atoms with E-state index in [1.54, 1.807) is 24.3 Å². The Morgan fingerprint density at radius 1 is 1.24 bits per heavy atom. The third-order valence-electron chi connectivity index (χ3n) is 2.61. The van der Waals surface area contributed by atoms with Gasteiger partial charge >= 0.3 is 0 Å². The van der Waals surface area contributed by atoms with Gasteiger partial charge in [0.1, 0.15) is 0 Å². The summed E-state index contributed by atoms with van der Waals surface area (Å²) in [5.41, 5.74) is 6.56. The van der Waals surface area contributed by atoms with Crippen LogP contribution in [-0.4, -0.2) is 27.8 Å². The number of nitrogens with one attached hydrogen (secondary N) is 1. The van der Waals surface area contributed by atoms with Crippen LogP contribution in [0, 0.1) is 5.41 Å². The number of hydrogen-bond acceptors (Lipinski definition) is 4. The molecular formula is C12H20N2O2S. The van der Waals surface area contributed by atoms with Crippen molar-refractivity contribution in [2.75, 3.05) is 24.7 Å². The number of benzene rings is 1. The molecule has 0 saturated carbocycles. The van der Waals surface area contributed by atoms with Gasteiger partial charge in [-0.25, -0.2) is 8.42 Å². The first-order valence-electron chi connectivity index (χ1n) is 5.49. The average molecular weight is 256 g/mol. The monoisotopic (exact) mass is 256 g/mol. The zero-order valence-electron chi connectivity index (χ0n) is 10.5. The van der Waals surface area contributed by atoms with E-state index in [0.717, 1.165) is 12.2 Å². The molecule has 96 valence electrons. The molecule has 0 fully saturated rings. The number of anilines is 1. The van der Waals surface area contributed by atoms with Crippen LogP contribution in [0.25, 0.3) is 0 Å². The molecule has 4 nitrogen and oxygen atoms in total. The van der Waals surface area contributed by atoms with Crippen LogP contribution in [0.2, 0.25) is 0 Å². The van der Waals surface area contributed by atoms with Crippen molar-refractivity contribution >= 4 is 15.5 Å². The van der Waals surface area contributed by atoms with Gasteiger partial charge in [-0.15, -0.1) is 0 Å². The Morgan fingerprint density at radius 2 is 1.76 bits per heavy atom. The maximum absolute atomic E-state index is 11.3. The second-order valence-electron chi connectivity index (χ2n) is 5.02. The normalized spacial score (nSPS) is 12.5. The van der Waals surface area contributed by atoms with Crippen LogP contribution >= 0.6 is 0 Å². The van der Waals surface area contributed by atoms with Crippen molar-refractivity contribution < 1.29 is 8.42 Å². The van der Waals surface area contributed by atoms with Gasteiger partial charge in [-0.05, 0) is 36.2 Å². The fourth-order valence-electron chi connectivity index (χ4n) is 1.23. The molecule has 3 N–H and O–H groups in total. The van der Waals surface area contributed by atoms with Gasteiger partial charge in [0.25, 0.3) is 0 Å². The molecule has 0 bridgehead atoms. The molecule has 0 heterocycles. The number of nitrogens with two attached hydrogens (primary N) is 1. The third kappa shape index (κ3) is 4.36. The zero-order chi connectivity index (χ0) is 13.1. The van der Waals surface area contributed by atoms with Crippen LogP contribution in [0.1, 0.15) is 13.8 Å². The lowest BCUT2D eigenvalue weighted by Crippen LogP contribution is -2.31. The van der Waals surface area contributed by atoms with Crippen LogP contribution in [0.4, 0.5) is 5.69 Å². The molecule has 0 aromatic heterocycles. The van der Waals surface area contributed by atoms with Gasteiger partial charge in [0.2, 0.25) is 0 Å². The maximum atomic E-state index is 11.3. The Morgan fingerprint density at radius 3 is 2.18 bits per heavy atom. The van der Waals surface area contributed by atoms with E-state index < -0.39 is 9.84 Å². The van der Waals surface area contributed by atoms with Gasteiger partial charge in [-0.2, -0.15) is 0 Å². The van der Waals surface area contributed by atoms with Gasteiger partial charge in [-0.3, -0.25) is 0 Å². The van der Waals surface area contributed by atoms with Crippen LogP contribution in [0.5, 0.6) is 0 Å². The Bertz CT molecular complexity index is 464. The Hall–Kier alpha value is -1.07. The topological polar surface area (TPSA) is 72.2 Å². The van der Waals surface area contributed by atoms with Crippen molar-refractivity contribution in [1.82, 2.24) is 0 Å². The van der Waals surface area contributed by atoms with E-state index in [-0.39, 0.29) is 5.41 Å². The van der Waals surface area contributed by atoms with Crippen LogP contribution < -0.4 is 11.1 Å². The fraction of sp³-hybridized carbons (Fsp3) is 0.500. The highest BCUT2D eigenvalue weighted by atomic mass is 32.2. The van der Waals surface area contributed by atoms with Crippen LogP contribution in [-0.2, 0) is 9.84 Å². The second kappa shape index (κ2) is 5.06. The predicted molar refractivity (Wildman–Crippen MR) is 70.9 cm³/mol. The largest absolute Gasteiger partial charge is 0.384 e. The van der Waals surface area contributed by atoms with Crippen molar-refractivity contribution in [1.29, 1.82) is 0 Å². The molecule has 0 aliphatic rings. The van der Waals surface area contributed by atoms with Gasteiger partial charge in [0, 0.05) is 18.5 Å². The minimum atomic E-state index is -3.12. The molecule has 1 aromatic carbocycles. The minimum Gasteiger partial charge on any atom is -0.384 e. The first-order chi connectivity index (χ1) is 7.74. The van der Waals surface area contributed by atoms with Crippen LogP contribution in [0.3, 0.4) is 0 Å². The molecule has 0 aliphatic carbocycles. The zero-order valence-corrected chi connectivity index (χ0v) is 11.3. The summed E-state index contributed by atoms with van der Waals surface area (Å²) in [6, 6.07) is 6.74. The van der Waals surface area contributed by atoms with Gasteiger partial charge in [0.15, 0.2) is 9.84 Å². The summed E-state index contributed by atoms with van der Waals surface area (Å²) in [5.74, 6) is 0. The van der Waals surface area contributed by atoms with Crippen molar-refractivity contribution in [3.63, 3.8) is 0 Å². The molecular weight excluding hydrogens is 236 g/mol. The van der Waals surface area contributed by atoms with E-state index in [2.05, 4.69) is 19.2 Å². The van der Waals surface area contributed by atoms with E-state index in [1.807, 2.05) is 0 Å². The Balaban J connectivity index is 2.70. The Kier molecular flexibility index (Phi) is 4.16. The molecule has 0 radical (unpaired) electrons. The standard InChI is InChI=1S/C12H20N2O2S/c1-12(2,8-13)9-14-10-4-6-11(7-5-10)17(3,15)16/h4-7,14H,8-9,13H2,1-3H3. The summed E-state index contributed by atoms with van der Waals surface area (Å²) in [7, 11) is -3.12. The quantitative estimate of drug-likeness (QED) is 0.837. The van der Waals surface area contributed by atoms with E-state index in [9.17, 15) is 8.42 Å². The summed E-state index contributed by atoms with van der Waals surface area (Å²) in [6.45, 7) is 5.50. The molecule has 1 rings (SSSR count). The lowest BCUT2D eigenvalue weighted by Gasteiger charge is -2.23. The molecule has 5 heteroatoms. The number of rotatable bonds is 5. The molecule has 17 heavy (non-hydrogen) atoms. The smallest absolute Gasteiger partial charge is 0.175 e. The maximum Gasteiger partial charge on any atom is 0.175 e. The summed E-state index contributed by atoms with van der Waals surface area (Å²) < 4.78 is 22.5. The summed E-state index contributed by atoms with van der Waals surface area (Å²) >= 11 is 0. The van der Waals surface area contributed by atoms with Crippen molar-refractivity contribution in [3.8, 4) is 0 Å². The highest BCUT2D eigenvalue weighted by Gasteiger charge is 2.14. The molecule has 0 atom stereocenters.